The second kappa shape index (κ2) is 5.91. The summed E-state index contributed by atoms with van der Waals surface area (Å²) in [5.74, 6) is 0.165. The van der Waals surface area contributed by atoms with Gasteiger partial charge in [-0.2, -0.15) is 0 Å². The van der Waals surface area contributed by atoms with Gasteiger partial charge < -0.3 is 14.8 Å². The fraction of sp³-hybridized carbons (Fsp3) is 0.278. The van der Waals surface area contributed by atoms with Gasteiger partial charge in [0.2, 0.25) is 0 Å². The summed E-state index contributed by atoms with van der Waals surface area (Å²) in [5.41, 5.74) is 3.15. The first-order valence-electron chi connectivity index (χ1n) is 7.32. The number of anilines is 1. The minimum absolute atomic E-state index is 0.299. The van der Waals surface area contributed by atoms with Crippen LogP contribution in [0.15, 0.2) is 36.4 Å². The number of benzene rings is 2. The van der Waals surface area contributed by atoms with E-state index in [-0.39, 0.29) is 12.0 Å². The van der Waals surface area contributed by atoms with Gasteiger partial charge in [0.1, 0.15) is 11.6 Å². The standard InChI is InChI=1S/C18H18FNO2S/c1-18(2)15-8-11(4-5-16(15)20-17(10-23)22-18)12-6-13(19)9-14(7-12)21-3/h4-10,17,20H,1-3H3. The van der Waals surface area contributed by atoms with Crippen LogP contribution in [-0.2, 0) is 10.3 Å². The summed E-state index contributed by atoms with van der Waals surface area (Å²) in [6, 6.07) is 10.6. The predicted molar refractivity (Wildman–Crippen MR) is 93.6 cm³/mol. The highest BCUT2D eigenvalue weighted by atomic mass is 32.1. The summed E-state index contributed by atoms with van der Waals surface area (Å²) in [7, 11) is 1.53. The van der Waals surface area contributed by atoms with Crippen LogP contribution in [-0.4, -0.2) is 18.7 Å². The summed E-state index contributed by atoms with van der Waals surface area (Å²) in [4.78, 5) is 0. The van der Waals surface area contributed by atoms with E-state index in [0.29, 0.717) is 5.75 Å². The third kappa shape index (κ3) is 3.07. The minimum Gasteiger partial charge on any atom is -0.497 e. The van der Waals surface area contributed by atoms with Gasteiger partial charge in [-0.3, -0.25) is 0 Å². The zero-order chi connectivity index (χ0) is 16.6. The van der Waals surface area contributed by atoms with E-state index in [0.717, 1.165) is 22.4 Å². The minimum atomic E-state index is -0.492. The molecule has 1 aliphatic heterocycles. The second-order valence-corrected chi connectivity index (χ2v) is 6.24. The third-order valence-electron chi connectivity index (χ3n) is 3.95. The Balaban J connectivity index is 2.08. The summed E-state index contributed by atoms with van der Waals surface area (Å²) in [5, 5.41) is 4.80. The lowest BCUT2D eigenvalue weighted by Gasteiger charge is -2.37. The number of fused-ring (bicyclic) bond motifs is 1. The topological polar surface area (TPSA) is 30.5 Å². The molecule has 1 atom stereocenters. The lowest BCUT2D eigenvalue weighted by molar-refractivity contribution is -0.0406. The fourth-order valence-electron chi connectivity index (χ4n) is 2.82. The first-order chi connectivity index (χ1) is 10.9. The Bertz CT molecular complexity index is 761. The first-order valence-corrected chi connectivity index (χ1v) is 7.79. The molecule has 1 heterocycles. The Morgan fingerprint density at radius 3 is 2.70 bits per heavy atom. The van der Waals surface area contributed by atoms with Crippen LogP contribution in [0.3, 0.4) is 0 Å². The molecule has 3 rings (SSSR count). The summed E-state index contributed by atoms with van der Waals surface area (Å²) in [6.07, 6.45) is -0.299. The molecule has 3 nitrogen and oxygen atoms in total. The Morgan fingerprint density at radius 2 is 2.00 bits per heavy atom. The van der Waals surface area contributed by atoms with Gasteiger partial charge in [-0.15, -0.1) is 0 Å². The molecule has 0 fully saturated rings. The monoisotopic (exact) mass is 331 g/mol. The van der Waals surface area contributed by atoms with Crippen molar-refractivity contribution in [1.29, 1.82) is 0 Å². The van der Waals surface area contributed by atoms with Gasteiger partial charge in [0, 0.05) is 22.7 Å². The van der Waals surface area contributed by atoms with Gasteiger partial charge in [-0.05, 0) is 49.2 Å². The van der Waals surface area contributed by atoms with Gasteiger partial charge >= 0.3 is 0 Å². The first kappa shape index (κ1) is 15.9. The molecule has 1 aliphatic rings. The van der Waals surface area contributed by atoms with Crippen molar-refractivity contribution in [2.24, 2.45) is 0 Å². The van der Waals surface area contributed by atoms with Crippen molar-refractivity contribution < 1.29 is 13.9 Å². The number of rotatable bonds is 3. The molecule has 1 unspecified atom stereocenters. The van der Waals surface area contributed by atoms with E-state index in [4.69, 9.17) is 21.7 Å². The number of hydrogen-bond donors (Lipinski definition) is 1. The van der Waals surface area contributed by atoms with Gasteiger partial charge in [-0.1, -0.05) is 18.3 Å². The number of thiocarbonyl (C=S) groups is 1. The molecular weight excluding hydrogens is 313 g/mol. The van der Waals surface area contributed by atoms with Gasteiger partial charge in [0.15, 0.2) is 6.23 Å². The van der Waals surface area contributed by atoms with E-state index in [1.807, 2.05) is 38.1 Å². The number of nitrogens with one attached hydrogen (secondary N) is 1. The van der Waals surface area contributed by atoms with E-state index >= 15 is 0 Å². The molecule has 0 saturated heterocycles. The van der Waals surface area contributed by atoms with Crippen molar-refractivity contribution in [2.75, 3.05) is 12.4 Å². The second-order valence-electron chi connectivity index (χ2n) is 5.97. The summed E-state index contributed by atoms with van der Waals surface area (Å²) < 4.78 is 24.8. The maximum Gasteiger partial charge on any atom is 0.158 e. The average Bonchev–Trinajstić information content (AvgIpc) is 2.53. The van der Waals surface area contributed by atoms with Crippen LogP contribution < -0.4 is 10.1 Å². The van der Waals surface area contributed by atoms with Crippen molar-refractivity contribution in [3.05, 3.63) is 47.8 Å². The summed E-state index contributed by atoms with van der Waals surface area (Å²) in [6.45, 7) is 3.99. The Morgan fingerprint density at radius 1 is 1.22 bits per heavy atom. The van der Waals surface area contributed by atoms with Crippen LogP contribution in [0.1, 0.15) is 19.4 Å². The van der Waals surface area contributed by atoms with Crippen LogP contribution in [0.4, 0.5) is 10.1 Å². The molecule has 0 saturated carbocycles. The van der Waals surface area contributed by atoms with Crippen molar-refractivity contribution in [3.63, 3.8) is 0 Å². The van der Waals surface area contributed by atoms with Crippen molar-refractivity contribution in [3.8, 4) is 16.9 Å². The van der Waals surface area contributed by atoms with Crippen LogP contribution in [0, 0.1) is 5.82 Å². The quantitative estimate of drug-likeness (QED) is 0.839. The van der Waals surface area contributed by atoms with Gasteiger partial charge in [0.05, 0.1) is 12.7 Å². The Labute approximate surface area is 140 Å². The molecule has 0 radical (unpaired) electrons. The molecule has 0 amide bonds. The SMILES string of the molecule is COc1cc(F)cc(-c2ccc3c(c2)C(C)(C)OC(C=S)N3)c1. The average molecular weight is 331 g/mol. The van der Waals surface area contributed by atoms with Crippen LogP contribution in [0.5, 0.6) is 5.75 Å². The van der Waals surface area contributed by atoms with Crippen molar-refractivity contribution in [1.82, 2.24) is 0 Å². The molecule has 1 N–H and O–H groups in total. The summed E-state index contributed by atoms with van der Waals surface area (Å²) >= 11 is 4.98. The number of methoxy groups -OCH3 is 1. The van der Waals surface area contributed by atoms with Crippen LogP contribution >= 0.6 is 12.2 Å². The normalized spacial score (nSPS) is 18.7. The molecule has 0 bridgehead atoms. The molecule has 0 aliphatic carbocycles. The molecule has 5 heteroatoms. The molecule has 2 aromatic rings. The molecular formula is C18H18FNO2S. The largest absolute Gasteiger partial charge is 0.497 e. The van der Waals surface area contributed by atoms with Crippen LogP contribution in [0.25, 0.3) is 11.1 Å². The predicted octanol–water partition coefficient (Wildman–Crippen LogP) is 4.50. The third-order valence-corrected chi connectivity index (χ3v) is 4.20. The van der Waals surface area contributed by atoms with Crippen molar-refractivity contribution in [2.45, 2.75) is 25.7 Å². The highest BCUT2D eigenvalue weighted by Crippen LogP contribution is 2.39. The van der Waals surface area contributed by atoms with E-state index in [1.165, 1.54) is 19.2 Å². The lowest BCUT2D eigenvalue weighted by Crippen LogP contribution is -2.39. The Kier molecular flexibility index (Phi) is 4.08. The van der Waals surface area contributed by atoms with Crippen molar-refractivity contribution >= 4 is 23.3 Å². The van der Waals surface area contributed by atoms with E-state index in [9.17, 15) is 4.39 Å². The van der Waals surface area contributed by atoms with E-state index in [1.54, 1.807) is 5.37 Å². The highest BCUT2D eigenvalue weighted by molar-refractivity contribution is 7.79. The molecule has 0 aromatic heterocycles. The van der Waals surface area contributed by atoms with Gasteiger partial charge in [-0.25, -0.2) is 4.39 Å². The van der Waals surface area contributed by atoms with E-state index < -0.39 is 5.60 Å². The molecule has 2 aromatic carbocycles. The maximum atomic E-state index is 13.8. The number of hydrogen-bond acceptors (Lipinski definition) is 4. The zero-order valence-electron chi connectivity index (χ0n) is 13.2. The highest BCUT2D eigenvalue weighted by Gasteiger charge is 2.32. The van der Waals surface area contributed by atoms with E-state index in [2.05, 4.69) is 5.32 Å². The van der Waals surface area contributed by atoms with Gasteiger partial charge in [0.25, 0.3) is 0 Å². The Hall–Kier alpha value is -1.98. The fourth-order valence-corrected chi connectivity index (χ4v) is 2.94. The molecule has 120 valence electrons. The maximum absolute atomic E-state index is 13.8. The zero-order valence-corrected chi connectivity index (χ0v) is 14.0. The molecule has 0 spiro atoms. The van der Waals surface area contributed by atoms with Crippen LogP contribution in [0.2, 0.25) is 0 Å². The lowest BCUT2D eigenvalue weighted by atomic mass is 9.91. The number of halogens is 1. The number of ether oxygens (including phenoxy) is 2. The molecule has 23 heavy (non-hydrogen) atoms. The smallest absolute Gasteiger partial charge is 0.158 e.